The SMILES string of the molecule is CC(C)CS(=O)(=O)NCC1CCN(c2ccccn2)CC1. The number of nitrogens with zero attached hydrogens (tertiary/aromatic N) is 2. The molecule has 6 heteroatoms. The lowest BCUT2D eigenvalue weighted by molar-refractivity contribution is 0.400. The van der Waals surface area contributed by atoms with Crippen LogP contribution in [-0.4, -0.2) is 38.8 Å². The van der Waals surface area contributed by atoms with E-state index in [2.05, 4.69) is 14.6 Å². The largest absolute Gasteiger partial charge is 0.357 e. The first kappa shape index (κ1) is 16.2. The van der Waals surface area contributed by atoms with Crippen molar-refractivity contribution in [3.8, 4) is 0 Å². The van der Waals surface area contributed by atoms with Gasteiger partial charge in [-0.05, 0) is 36.8 Å². The van der Waals surface area contributed by atoms with Crippen LogP contribution in [0, 0.1) is 11.8 Å². The highest BCUT2D eigenvalue weighted by Crippen LogP contribution is 2.21. The van der Waals surface area contributed by atoms with E-state index in [0.717, 1.165) is 31.7 Å². The third kappa shape index (κ3) is 5.28. The average Bonchev–Trinajstić information content (AvgIpc) is 2.45. The molecule has 0 atom stereocenters. The quantitative estimate of drug-likeness (QED) is 0.871. The summed E-state index contributed by atoms with van der Waals surface area (Å²) in [5.74, 6) is 1.80. The van der Waals surface area contributed by atoms with Gasteiger partial charge in [-0.3, -0.25) is 0 Å². The summed E-state index contributed by atoms with van der Waals surface area (Å²) < 4.78 is 26.4. The van der Waals surface area contributed by atoms with Crippen LogP contribution < -0.4 is 9.62 Å². The molecule has 0 saturated carbocycles. The Kier molecular flexibility index (Phi) is 5.58. The van der Waals surface area contributed by atoms with E-state index in [0.29, 0.717) is 12.5 Å². The van der Waals surface area contributed by atoms with Crippen molar-refractivity contribution in [2.24, 2.45) is 11.8 Å². The minimum absolute atomic E-state index is 0.161. The van der Waals surface area contributed by atoms with Gasteiger partial charge in [-0.15, -0.1) is 0 Å². The zero-order valence-electron chi connectivity index (χ0n) is 12.8. The zero-order valence-corrected chi connectivity index (χ0v) is 13.6. The monoisotopic (exact) mass is 311 g/mol. The van der Waals surface area contributed by atoms with Gasteiger partial charge in [0.2, 0.25) is 10.0 Å². The van der Waals surface area contributed by atoms with Crippen molar-refractivity contribution in [3.05, 3.63) is 24.4 Å². The van der Waals surface area contributed by atoms with Crippen LogP contribution in [0.4, 0.5) is 5.82 Å². The van der Waals surface area contributed by atoms with Crippen LogP contribution in [0.1, 0.15) is 26.7 Å². The molecular weight excluding hydrogens is 286 g/mol. The van der Waals surface area contributed by atoms with Crippen LogP contribution in [0.5, 0.6) is 0 Å². The number of hydrogen-bond donors (Lipinski definition) is 1. The Labute approximate surface area is 127 Å². The fraction of sp³-hybridized carbons (Fsp3) is 0.667. The highest BCUT2D eigenvalue weighted by atomic mass is 32.2. The Balaban J connectivity index is 1.77. The Morgan fingerprint density at radius 1 is 1.33 bits per heavy atom. The lowest BCUT2D eigenvalue weighted by atomic mass is 9.97. The minimum atomic E-state index is -3.12. The van der Waals surface area contributed by atoms with E-state index in [1.165, 1.54) is 0 Å². The fourth-order valence-electron chi connectivity index (χ4n) is 2.65. The maximum Gasteiger partial charge on any atom is 0.211 e. The van der Waals surface area contributed by atoms with Crippen molar-refractivity contribution < 1.29 is 8.42 Å². The van der Waals surface area contributed by atoms with E-state index in [9.17, 15) is 8.42 Å². The molecular formula is C15H25N3O2S. The molecule has 0 radical (unpaired) electrons. The summed E-state index contributed by atoms with van der Waals surface area (Å²) in [6, 6.07) is 5.93. The molecule has 1 aliphatic heterocycles. The number of sulfonamides is 1. The summed E-state index contributed by atoms with van der Waals surface area (Å²) >= 11 is 0. The third-order valence-electron chi connectivity index (χ3n) is 3.73. The van der Waals surface area contributed by atoms with Crippen LogP contribution in [0.15, 0.2) is 24.4 Å². The van der Waals surface area contributed by atoms with Gasteiger partial charge in [0.05, 0.1) is 5.75 Å². The standard InChI is InChI=1S/C15H25N3O2S/c1-13(2)12-21(19,20)17-11-14-6-9-18(10-7-14)15-5-3-4-8-16-15/h3-5,8,13-14,17H,6-7,9-12H2,1-2H3. The molecule has 2 rings (SSSR count). The molecule has 0 spiro atoms. The first-order chi connectivity index (χ1) is 9.96. The fourth-order valence-corrected chi connectivity index (χ4v) is 4.13. The number of piperidine rings is 1. The van der Waals surface area contributed by atoms with E-state index in [1.54, 1.807) is 0 Å². The van der Waals surface area contributed by atoms with E-state index >= 15 is 0 Å². The maximum atomic E-state index is 11.8. The van der Waals surface area contributed by atoms with Crippen LogP contribution >= 0.6 is 0 Å². The van der Waals surface area contributed by atoms with E-state index < -0.39 is 10.0 Å². The van der Waals surface area contributed by atoms with Gasteiger partial charge in [-0.2, -0.15) is 0 Å². The summed E-state index contributed by atoms with van der Waals surface area (Å²) in [4.78, 5) is 6.62. The first-order valence-corrected chi connectivity index (χ1v) is 9.25. The van der Waals surface area contributed by atoms with Crippen molar-refractivity contribution in [3.63, 3.8) is 0 Å². The highest BCUT2D eigenvalue weighted by molar-refractivity contribution is 7.89. The number of rotatable bonds is 6. The van der Waals surface area contributed by atoms with Crippen molar-refractivity contribution >= 4 is 15.8 Å². The maximum absolute atomic E-state index is 11.8. The molecule has 2 heterocycles. The van der Waals surface area contributed by atoms with E-state index in [4.69, 9.17) is 0 Å². The predicted octanol–water partition coefficient (Wildman–Crippen LogP) is 1.87. The number of hydrogen-bond acceptors (Lipinski definition) is 4. The summed E-state index contributed by atoms with van der Waals surface area (Å²) in [5.41, 5.74) is 0. The topological polar surface area (TPSA) is 62.3 Å². The van der Waals surface area contributed by atoms with Gasteiger partial charge in [-0.1, -0.05) is 19.9 Å². The first-order valence-electron chi connectivity index (χ1n) is 7.59. The molecule has 1 N–H and O–H groups in total. The predicted molar refractivity (Wildman–Crippen MR) is 85.8 cm³/mol. The minimum Gasteiger partial charge on any atom is -0.357 e. The molecule has 1 aromatic rings. The van der Waals surface area contributed by atoms with Crippen LogP contribution in [0.2, 0.25) is 0 Å². The van der Waals surface area contributed by atoms with Gasteiger partial charge in [0.1, 0.15) is 5.82 Å². The molecule has 5 nitrogen and oxygen atoms in total. The molecule has 1 aromatic heterocycles. The zero-order chi connectivity index (χ0) is 15.3. The van der Waals surface area contributed by atoms with Crippen LogP contribution in [0.25, 0.3) is 0 Å². The molecule has 118 valence electrons. The van der Waals surface area contributed by atoms with Crippen molar-refractivity contribution in [1.29, 1.82) is 0 Å². The van der Waals surface area contributed by atoms with E-state index in [1.807, 2.05) is 38.2 Å². The van der Waals surface area contributed by atoms with Crippen molar-refractivity contribution in [2.75, 3.05) is 30.3 Å². The Bertz CT molecular complexity index is 523. The molecule has 0 bridgehead atoms. The number of pyridine rings is 1. The van der Waals surface area contributed by atoms with Gasteiger partial charge in [0, 0.05) is 25.8 Å². The summed E-state index contributed by atoms with van der Waals surface area (Å²) in [6.07, 6.45) is 3.81. The van der Waals surface area contributed by atoms with Gasteiger partial charge in [-0.25, -0.2) is 18.1 Å². The highest BCUT2D eigenvalue weighted by Gasteiger charge is 2.22. The number of aromatic nitrogens is 1. The van der Waals surface area contributed by atoms with Gasteiger partial charge < -0.3 is 4.90 Å². The molecule has 0 amide bonds. The molecule has 1 saturated heterocycles. The van der Waals surface area contributed by atoms with Gasteiger partial charge in [0.25, 0.3) is 0 Å². The molecule has 0 aliphatic carbocycles. The molecule has 1 fully saturated rings. The molecule has 21 heavy (non-hydrogen) atoms. The van der Waals surface area contributed by atoms with Crippen LogP contribution in [-0.2, 0) is 10.0 Å². The number of anilines is 1. The van der Waals surface area contributed by atoms with Crippen LogP contribution in [0.3, 0.4) is 0 Å². The van der Waals surface area contributed by atoms with E-state index in [-0.39, 0.29) is 11.7 Å². The van der Waals surface area contributed by atoms with Crippen molar-refractivity contribution in [1.82, 2.24) is 9.71 Å². The second-order valence-electron chi connectivity index (χ2n) is 6.14. The van der Waals surface area contributed by atoms with Gasteiger partial charge >= 0.3 is 0 Å². The Hall–Kier alpha value is -1.14. The Morgan fingerprint density at radius 3 is 2.62 bits per heavy atom. The lowest BCUT2D eigenvalue weighted by Gasteiger charge is -2.32. The summed E-state index contributed by atoms with van der Waals surface area (Å²) in [6.45, 7) is 6.28. The average molecular weight is 311 g/mol. The Morgan fingerprint density at radius 2 is 2.05 bits per heavy atom. The molecule has 0 aromatic carbocycles. The normalized spacial score (nSPS) is 17.4. The number of nitrogens with one attached hydrogen (secondary N) is 1. The molecule has 0 unspecified atom stereocenters. The third-order valence-corrected chi connectivity index (χ3v) is 5.44. The summed E-state index contributed by atoms with van der Waals surface area (Å²) in [5, 5.41) is 0. The molecule has 1 aliphatic rings. The van der Waals surface area contributed by atoms with Crippen molar-refractivity contribution in [2.45, 2.75) is 26.7 Å². The van der Waals surface area contributed by atoms with Gasteiger partial charge in [0.15, 0.2) is 0 Å². The lowest BCUT2D eigenvalue weighted by Crippen LogP contribution is -2.39. The second-order valence-corrected chi connectivity index (χ2v) is 7.99. The smallest absolute Gasteiger partial charge is 0.211 e. The summed E-state index contributed by atoms with van der Waals surface area (Å²) in [7, 11) is -3.12. The second kappa shape index (κ2) is 7.22.